The SMILES string of the molecule is CC(C)c1cc(NC(C)(C)CCCl)ncn1. The summed E-state index contributed by atoms with van der Waals surface area (Å²) < 4.78 is 0. The number of hydrogen-bond donors (Lipinski definition) is 1. The van der Waals surface area contributed by atoms with Crippen LogP contribution in [0.2, 0.25) is 0 Å². The Bertz CT molecular complexity index is 337. The van der Waals surface area contributed by atoms with E-state index in [0.29, 0.717) is 11.8 Å². The Hall–Kier alpha value is -0.830. The van der Waals surface area contributed by atoms with Crippen molar-refractivity contribution >= 4 is 17.4 Å². The normalized spacial score (nSPS) is 11.9. The van der Waals surface area contributed by atoms with E-state index in [1.807, 2.05) is 6.07 Å². The number of alkyl halides is 1. The van der Waals surface area contributed by atoms with Gasteiger partial charge in [-0.25, -0.2) is 9.97 Å². The number of nitrogens with zero attached hydrogens (tertiary/aromatic N) is 2. The minimum absolute atomic E-state index is 0.0373. The highest BCUT2D eigenvalue weighted by Gasteiger charge is 2.17. The zero-order chi connectivity index (χ0) is 12.2. The molecule has 0 radical (unpaired) electrons. The highest BCUT2D eigenvalue weighted by molar-refractivity contribution is 6.17. The van der Waals surface area contributed by atoms with Crippen molar-refractivity contribution < 1.29 is 0 Å². The number of aromatic nitrogens is 2. The molecule has 1 aromatic rings. The van der Waals surface area contributed by atoms with Gasteiger partial charge < -0.3 is 5.32 Å². The highest BCUT2D eigenvalue weighted by Crippen LogP contribution is 2.19. The lowest BCUT2D eigenvalue weighted by Gasteiger charge is -2.26. The van der Waals surface area contributed by atoms with Crippen LogP contribution in [0.3, 0.4) is 0 Å². The predicted octanol–water partition coefficient (Wildman–Crippen LogP) is 3.42. The summed E-state index contributed by atoms with van der Waals surface area (Å²) in [7, 11) is 0. The molecule has 0 atom stereocenters. The van der Waals surface area contributed by atoms with Gasteiger partial charge in [-0.1, -0.05) is 13.8 Å². The molecule has 0 aliphatic rings. The first-order valence-corrected chi connectivity index (χ1v) is 6.14. The Labute approximate surface area is 103 Å². The number of nitrogens with one attached hydrogen (secondary N) is 1. The largest absolute Gasteiger partial charge is 0.365 e. The van der Waals surface area contributed by atoms with Gasteiger partial charge in [-0.05, 0) is 26.2 Å². The predicted molar refractivity (Wildman–Crippen MR) is 69.2 cm³/mol. The molecule has 0 spiro atoms. The van der Waals surface area contributed by atoms with Gasteiger partial charge in [-0.15, -0.1) is 11.6 Å². The molecule has 0 saturated heterocycles. The first-order valence-electron chi connectivity index (χ1n) is 5.61. The summed E-state index contributed by atoms with van der Waals surface area (Å²) in [5.41, 5.74) is 1.02. The fourth-order valence-electron chi connectivity index (χ4n) is 1.40. The first-order chi connectivity index (χ1) is 7.44. The van der Waals surface area contributed by atoms with E-state index in [2.05, 4.69) is 43.0 Å². The number of halogens is 1. The summed E-state index contributed by atoms with van der Waals surface area (Å²) in [5, 5.41) is 3.38. The molecule has 1 rings (SSSR count). The summed E-state index contributed by atoms with van der Waals surface area (Å²) in [6.07, 6.45) is 2.50. The van der Waals surface area contributed by atoms with Crippen molar-refractivity contribution in [3.05, 3.63) is 18.1 Å². The molecule has 0 aromatic carbocycles. The zero-order valence-corrected chi connectivity index (χ0v) is 11.2. The zero-order valence-electron chi connectivity index (χ0n) is 10.4. The van der Waals surface area contributed by atoms with Gasteiger partial charge >= 0.3 is 0 Å². The third-order valence-corrected chi connectivity index (χ3v) is 2.65. The molecular weight excluding hydrogens is 222 g/mol. The summed E-state index contributed by atoms with van der Waals surface area (Å²) in [6, 6.07) is 2.00. The van der Waals surface area contributed by atoms with Gasteiger partial charge in [-0.3, -0.25) is 0 Å². The van der Waals surface area contributed by atoms with Crippen molar-refractivity contribution in [2.75, 3.05) is 11.2 Å². The number of hydrogen-bond acceptors (Lipinski definition) is 3. The third-order valence-electron chi connectivity index (χ3n) is 2.47. The van der Waals surface area contributed by atoms with Gasteiger partial charge in [-0.2, -0.15) is 0 Å². The molecule has 0 unspecified atom stereocenters. The molecule has 1 aromatic heterocycles. The second kappa shape index (κ2) is 5.48. The first kappa shape index (κ1) is 13.2. The van der Waals surface area contributed by atoms with Gasteiger partial charge in [0.05, 0.1) is 0 Å². The maximum absolute atomic E-state index is 5.76. The van der Waals surface area contributed by atoms with Crippen LogP contribution in [0.4, 0.5) is 5.82 Å². The van der Waals surface area contributed by atoms with Crippen LogP contribution < -0.4 is 5.32 Å². The molecule has 1 heterocycles. The van der Waals surface area contributed by atoms with E-state index in [1.54, 1.807) is 6.33 Å². The Morgan fingerprint density at radius 2 is 2.06 bits per heavy atom. The third kappa shape index (κ3) is 3.97. The molecule has 0 saturated carbocycles. The molecule has 0 aliphatic heterocycles. The van der Waals surface area contributed by atoms with Gasteiger partial charge in [0.25, 0.3) is 0 Å². The smallest absolute Gasteiger partial charge is 0.130 e. The van der Waals surface area contributed by atoms with Gasteiger partial charge in [0.1, 0.15) is 12.1 Å². The Morgan fingerprint density at radius 1 is 1.38 bits per heavy atom. The van der Waals surface area contributed by atoms with Crippen molar-refractivity contribution in [1.82, 2.24) is 9.97 Å². The van der Waals surface area contributed by atoms with Crippen LogP contribution >= 0.6 is 11.6 Å². The van der Waals surface area contributed by atoms with E-state index in [-0.39, 0.29) is 5.54 Å². The number of rotatable bonds is 5. The minimum atomic E-state index is -0.0373. The van der Waals surface area contributed by atoms with Crippen molar-refractivity contribution in [3.63, 3.8) is 0 Å². The molecule has 3 nitrogen and oxygen atoms in total. The Kier molecular flexibility index (Phi) is 4.54. The highest BCUT2D eigenvalue weighted by atomic mass is 35.5. The molecule has 0 fully saturated rings. The molecule has 0 bridgehead atoms. The molecule has 1 N–H and O–H groups in total. The van der Waals surface area contributed by atoms with Gasteiger partial charge in [0.2, 0.25) is 0 Å². The monoisotopic (exact) mass is 241 g/mol. The van der Waals surface area contributed by atoms with Crippen LogP contribution in [0, 0.1) is 0 Å². The summed E-state index contributed by atoms with van der Waals surface area (Å²) >= 11 is 5.76. The van der Waals surface area contributed by atoms with Crippen LogP contribution in [-0.4, -0.2) is 21.4 Å². The van der Waals surface area contributed by atoms with Crippen molar-refractivity contribution in [2.45, 2.75) is 45.6 Å². The molecule has 4 heteroatoms. The van der Waals surface area contributed by atoms with Crippen LogP contribution in [0.15, 0.2) is 12.4 Å². The van der Waals surface area contributed by atoms with Crippen molar-refractivity contribution in [2.24, 2.45) is 0 Å². The van der Waals surface area contributed by atoms with E-state index >= 15 is 0 Å². The van der Waals surface area contributed by atoms with E-state index in [1.165, 1.54) is 0 Å². The molecule has 0 amide bonds. The standard InChI is InChI=1S/C12H20ClN3/c1-9(2)10-7-11(15-8-14-10)16-12(3,4)5-6-13/h7-9H,5-6H2,1-4H3,(H,14,15,16). The summed E-state index contributed by atoms with van der Waals surface area (Å²) in [4.78, 5) is 8.46. The second-order valence-electron chi connectivity index (χ2n) is 4.93. The van der Waals surface area contributed by atoms with E-state index in [0.717, 1.165) is 17.9 Å². The minimum Gasteiger partial charge on any atom is -0.365 e. The summed E-state index contributed by atoms with van der Waals surface area (Å²) in [5.74, 6) is 1.93. The van der Waals surface area contributed by atoms with Crippen LogP contribution in [0.25, 0.3) is 0 Å². The van der Waals surface area contributed by atoms with Gasteiger partial charge in [0, 0.05) is 23.2 Å². The lowest BCUT2D eigenvalue weighted by molar-refractivity contribution is 0.547. The van der Waals surface area contributed by atoms with Crippen LogP contribution in [-0.2, 0) is 0 Å². The lowest BCUT2D eigenvalue weighted by Crippen LogP contribution is -2.31. The second-order valence-corrected chi connectivity index (χ2v) is 5.31. The molecule has 90 valence electrons. The maximum atomic E-state index is 5.76. The summed E-state index contributed by atoms with van der Waals surface area (Å²) in [6.45, 7) is 8.48. The topological polar surface area (TPSA) is 37.8 Å². The Morgan fingerprint density at radius 3 is 2.62 bits per heavy atom. The Balaban J connectivity index is 2.77. The average Bonchev–Trinajstić information content (AvgIpc) is 2.17. The number of anilines is 1. The van der Waals surface area contributed by atoms with E-state index < -0.39 is 0 Å². The average molecular weight is 242 g/mol. The quantitative estimate of drug-likeness (QED) is 0.803. The van der Waals surface area contributed by atoms with Crippen molar-refractivity contribution in [1.29, 1.82) is 0 Å². The molecule has 16 heavy (non-hydrogen) atoms. The van der Waals surface area contributed by atoms with E-state index in [4.69, 9.17) is 11.6 Å². The fraction of sp³-hybridized carbons (Fsp3) is 0.667. The molecule has 0 aliphatic carbocycles. The van der Waals surface area contributed by atoms with Gasteiger partial charge in [0.15, 0.2) is 0 Å². The van der Waals surface area contributed by atoms with Crippen LogP contribution in [0.1, 0.15) is 45.7 Å². The lowest BCUT2D eigenvalue weighted by atomic mass is 10.0. The van der Waals surface area contributed by atoms with Crippen molar-refractivity contribution in [3.8, 4) is 0 Å². The fourth-order valence-corrected chi connectivity index (χ4v) is 1.87. The van der Waals surface area contributed by atoms with E-state index in [9.17, 15) is 0 Å². The maximum Gasteiger partial charge on any atom is 0.130 e. The van der Waals surface area contributed by atoms with Crippen LogP contribution in [0.5, 0.6) is 0 Å². The molecular formula is C12H20ClN3.